The van der Waals surface area contributed by atoms with E-state index in [2.05, 4.69) is 5.32 Å². The van der Waals surface area contributed by atoms with E-state index < -0.39 is 0 Å². The lowest BCUT2D eigenvalue weighted by Gasteiger charge is -2.09. The maximum absolute atomic E-state index is 12.1. The second-order valence-corrected chi connectivity index (χ2v) is 6.33. The average molecular weight is 361 g/mol. The molecule has 0 bridgehead atoms. The van der Waals surface area contributed by atoms with Gasteiger partial charge in [-0.25, -0.2) is 0 Å². The highest BCUT2D eigenvalue weighted by Crippen LogP contribution is 2.18. The quantitative estimate of drug-likeness (QED) is 0.631. The van der Waals surface area contributed by atoms with Gasteiger partial charge in [-0.05, 0) is 41.3 Å². The Balaban J connectivity index is 1.46. The van der Waals surface area contributed by atoms with Crippen molar-refractivity contribution in [2.45, 2.75) is 26.0 Å². The van der Waals surface area contributed by atoms with Crippen LogP contribution in [-0.4, -0.2) is 11.0 Å². The standard InChI is InChI=1S/C23H23NO3/c25-22-12-5-4-10-20(22)13-14-23(26)24-16-19-9-6-11-21(15-19)27-17-18-7-2-1-3-8-18/h1-12,15,25H,13-14,16-17H2,(H,24,26). The molecule has 0 atom stereocenters. The molecule has 0 unspecified atom stereocenters. The summed E-state index contributed by atoms with van der Waals surface area (Å²) in [6.45, 7) is 0.958. The molecular weight excluding hydrogens is 338 g/mol. The van der Waals surface area contributed by atoms with Gasteiger partial charge in [-0.1, -0.05) is 60.7 Å². The predicted octanol–water partition coefficient (Wildman–Crippen LogP) is 4.22. The van der Waals surface area contributed by atoms with Gasteiger partial charge in [0.15, 0.2) is 0 Å². The van der Waals surface area contributed by atoms with E-state index in [9.17, 15) is 9.90 Å². The number of benzene rings is 3. The molecule has 0 heterocycles. The highest BCUT2D eigenvalue weighted by atomic mass is 16.5. The number of nitrogens with one attached hydrogen (secondary N) is 1. The molecule has 0 fully saturated rings. The van der Waals surface area contributed by atoms with Crippen molar-refractivity contribution < 1.29 is 14.6 Å². The third-order valence-electron chi connectivity index (χ3n) is 4.25. The van der Waals surface area contributed by atoms with Crippen LogP contribution in [0.25, 0.3) is 0 Å². The minimum atomic E-state index is -0.0474. The normalized spacial score (nSPS) is 10.4. The first-order chi connectivity index (χ1) is 13.2. The van der Waals surface area contributed by atoms with Gasteiger partial charge in [0.1, 0.15) is 18.1 Å². The number of aromatic hydroxyl groups is 1. The average Bonchev–Trinajstić information content (AvgIpc) is 2.71. The molecule has 3 rings (SSSR count). The Bertz CT molecular complexity index is 878. The number of carbonyl (C=O) groups is 1. The molecule has 0 radical (unpaired) electrons. The highest BCUT2D eigenvalue weighted by Gasteiger charge is 2.06. The van der Waals surface area contributed by atoms with Crippen molar-refractivity contribution in [3.05, 3.63) is 95.6 Å². The summed E-state index contributed by atoms with van der Waals surface area (Å²) in [6, 6.07) is 24.8. The molecule has 0 saturated carbocycles. The van der Waals surface area contributed by atoms with Crippen LogP contribution >= 0.6 is 0 Å². The summed E-state index contributed by atoms with van der Waals surface area (Å²) in [5.74, 6) is 0.960. The first kappa shape index (κ1) is 18.5. The molecule has 0 aromatic heterocycles. The molecular formula is C23H23NO3. The Hall–Kier alpha value is -3.27. The van der Waals surface area contributed by atoms with Crippen LogP contribution in [0.5, 0.6) is 11.5 Å². The summed E-state index contributed by atoms with van der Waals surface area (Å²) >= 11 is 0. The third-order valence-corrected chi connectivity index (χ3v) is 4.25. The summed E-state index contributed by atoms with van der Waals surface area (Å²) in [7, 11) is 0. The molecule has 0 spiro atoms. The first-order valence-corrected chi connectivity index (χ1v) is 9.00. The SMILES string of the molecule is O=C(CCc1ccccc1O)NCc1cccc(OCc2ccccc2)c1. The van der Waals surface area contributed by atoms with E-state index in [1.54, 1.807) is 12.1 Å². The zero-order valence-corrected chi connectivity index (χ0v) is 15.1. The van der Waals surface area contributed by atoms with Gasteiger partial charge in [-0.2, -0.15) is 0 Å². The maximum atomic E-state index is 12.1. The lowest BCUT2D eigenvalue weighted by atomic mass is 10.1. The van der Waals surface area contributed by atoms with Crippen LogP contribution in [0.2, 0.25) is 0 Å². The van der Waals surface area contributed by atoms with Gasteiger partial charge in [-0.3, -0.25) is 4.79 Å². The molecule has 4 heteroatoms. The molecule has 3 aromatic rings. The van der Waals surface area contributed by atoms with Gasteiger partial charge in [-0.15, -0.1) is 0 Å². The van der Waals surface area contributed by atoms with E-state index in [4.69, 9.17) is 4.74 Å². The molecule has 0 saturated heterocycles. The summed E-state index contributed by atoms with van der Waals surface area (Å²) in [4.78, 5) is 12.1. The molecule has 138 valence electrons. The number of phenols is 1. The number of amides is 1. The number of para-hydroxylation sites is 1. The fourth-order valence-electron chi connectivity index (χ4n) is 2.75. The van der Waals surface area contributed by atoms with Crippen LogP contribution in [0, 0.1) is 0 Å². The van der Waals surface area contributed by atoms with E-state index in [-0.39, 0.29) is 11.7 Å². The van der Waals surface area contributed by atoms with Crippen molar-refractivity contribution >= 4 is 5.91 Å². The number of aryl methyl sites for hydroxylation is 1. The number of carbonyl (C=O) groups excluding carboxylic acids is 1. The number of rotatable bonds is 8. The lowest BCUT2D eigenvalue weighted by molar-refractivity contribution is -0.121. The molecule has 0 aliphatic carbocycles. The number of phenolic OH excluding ortho intramolecular Hbond substituents is 1. The van der Waals surface area contributed by atoms with Crippen LogP contribution in [0.4, 0.5) is 0 Å². The smallest absolute Gasteiger partial charge is 0.220 e. The third kappa shape index (κ3) is 5.89. The Morgan fingerprint density at radius 1 is 0.889 bits per heavy atom. The van der Waals surface area contributed by atoms with Crippen molar-refractivity contribution in [1.29, 1.82) is 0 Å². The molecule has 0 aliphatic rings. The second kappa shape index (κ2) is 9.43. The van der Waals surface area contributed by atoms with Crippen molar-refractivity contribution in [1.82, 2.24) is 5.32 Å². The monoisotopic (exact) mass is 361 g/mol. The van der Waals surface area contributed by atoms with Crippen LogP contribution in [0.15, 0.2) is 78.9 Å². The lowest BCUT2D eigenvalue weighted by Crippen LogP contribution is -2.23. The molecule has 1 amide bonds. The van der Waals surface area contributed by atoms with E-state index in [0.717, 1.165) is 22.4 Å². The van der Waals surface area contributed by atoms with E-state index in [0.29, 0.717) is 26.0 Å². The van der Waals surface area contributed by atoms with Gasteiger partial charge in [0.05, 0.1) is 0 Å². The molecule has 0 aliphatic heterocycles. The minimum absolute atomic E-state index is 0.0474. The fraction of sp³-hybridized carbons (Fsp3) is 0.174. The van der Waals surface area contributed by atoms with Crippen LogP contribution in [-0.2, 0) is 24.4 Å². The second-order valence-electron chi connectivity index (χ2n) is 6.33. The Morgan fingerprint density at radius 2 is 1.63 bits per heavy atom. The molecule has 4 nitrogen and oxygen atoms in total. The van der Waals surface area contributed by atoms with Crippen molar-refractivity contribution in [2.24, 2.45) is 0 Å². The molecule has 2 N–H and O–H groups in total. The molecule has 27 heavy (non-hydrogen) atoms. The highest BCUT2D eigenvalue weighted by molar-refractivity contribution is 5.76. The Morgan fingerprint density at radius 3 is 2.44 bits per heavy atom. The summed E-state index contributed by atoms with van der Waals surface area (Å²) in [6.07, 6.45) is 0.848. The number of hydrogen-bond acceptors (Lipinski definition) is 3. The zero-order chi connectivity index (χ0) is 18.9. The van der Waals surface area contributed by atoms with Crippen LogP contribution in [0.1, 0.15) is 23.1 Å². The van der Waals surface area contributed by atoms with Gasteiger partial charge in [0, 0.05) is 13.0 Å². The van der Waals surface area contributed by atoms with Crippen LogP contribution < -0.4 is 10.1 Å². The van der Waals surface area contributed by atoms with E-state index in [1.807, 2.05) is 66.7 Å². The predicted molar refractivity (Wildman–Crippen MR) is 105 cm³/mol. The topological polar surface area (TPSA) is 58.6 Å². The van der Waals surface area contributed by atoms with Gasteiger partial charge in [0.2, 0.25) is 5.91 Å². The number of hydrogen-bond donors (Lipinski definition) is 2. The maximum Gasteiger partial charge on any atom is 0.220 e. The molecule has 3 aromatic carbocycles. The first-order valence-electron chi connectivity index (χ1n) is 9.00. The number of ether oxygens (including phenoxy) is 1. The van der Waals surface area contributed by atoms with Crippen LogP contribution in [0.3, 0.4) is 0 Å². The van der Waals surface area contributed by atoms with Crippen molar-refractivity contribution in [3.8, 4) is 11.5 Å². The Labute approximate surface area is 159 Å². The van der Waals surface area contributed by atoms with Crippen molar-refractivity contribution in [3.63, 3.8) is 0 Å². The van der Waals surface area contributed by atoms with Gasteiger partial charge < -0.3 is 15.2 Å². The van der Waals surface area contributed by atoms with Gasteiger partial charge >= 0.3 is 0 Å². The van der Waals surface area contributed by atoms with E-state index in [1.165, 1.54) is 0 Å². The Kier molecular flexibility index (Phi) is 6.47. The minimum Gasteiger partial charge on any atom is -0.508 e. The fourth-order valence-corrected chi connectivity index (χ4v) is 2.75. The largest absolute Gasteiger partial charge is 0.508 e. The van der Waals surface area contributed by atoms with Gasteiger partial charge in [0.25, 0.3) is 0 Å². The van der Waals surface area contributed by atoms with E-state index >= 15 is 0 Å². The summed E-state index contributed by atoms with van der Waals surface area (Å²) < 4.78 is 5.82. The summed E-state index contributed by atoms with van der Waals surface area (Å²) in [5, 5.41) is 12.7. The zero-order valence-electron chi connectivity index (χ0n) is 15.1. The van der Waals surface area contributed by atoms with Crippen molar-refractivity contribution in [2.75, 3.05) is 0 Å². The summed E-state index contributed by atoms with van der Waals surface area (Å²) in [5.41, 5.74) is 2.88.